The van der Waals surface area contributed by atoms with E-state index in [1.807, 2.05) is 0 Å². The minimum Gasteiger partial charge on any atom is -0.480 e. The van der Waals surface area contributed by atoms with Crippen LogP contribution in [-0.4, -0.2) is 47.6 Å². The summed E-state index contributed by atoms with van der Waals surface area (Å²) in [6, 6.07) is 0.195. The third kappa shape index (κ3) is 3.70. The molecule has 2 fully saturated rings. The van der Waals surface area contributed by atoms with Crippen LogP contribution in [0, 0.1) is 5.92 Å². The highest BCUT2D eigenvalue weighted by atomic mass is 16.4. The standard InChI is InChI=1S/C12H20N2O3/c15-11(4-1-9-5-6-13-7-9)14(8-12(16)17)10-2-3-10/h9-10,13H,1-8H2,(H,16,17). The third-order valence-electron chi connectivity index (χ3n) is 3.54. The number of hydrogen-bond donors (Lipinski definition) is 2. The molecule has 96 valence electrons. The molecule has 0 bridgehead atoms. The monoisotopic (exact) mass is 240 g/mol. The van der Waals surface area contributed by atoms with Crippen molar-refractivity contribution in [2.75, 3.05) is 19.6 Å². The molecular weight excluding hydrogens is 220 g/mol. The summed E-state index contributed by atoms with van der Waals surface area (Å²) < 4.78 is 0. The third-order valence-corrected chi connectivity index (χ3v) is 3.54. The Morgan fingerprint density at radius 3 is 2.59 bits per heavy atom. The van der Waals surface area contributed by atoms with Gasteiger partial charge in [-0.1, -0.05) is 0 Å². The molecule has 2 N–H and O–H groups in total. The SMILES string of the molecule is O=C(O)CN(C(=O)CCC1CCNC1)C1CC1. The minimum atomic E-state index is -0.909. The zero-order chi connectivity index (χ0) is 12.3. The fourth-order valence-corrected chi connectivity index (χ4v) is 2.38. The topological polar surface area (TPSA) is 69.6 Å². The van der Waals surface area contributed by atoms with Gasteiger partial charge in [0.2, 0.25) is 5.91 Å². The first-order valence-corrected chi connectivity index (χ1v) is 6.39. The summed E-state index contributed by atoms with van der Waals surface area (Å²) >= 11 is 0. The van der Waals surface area contributed by atoms with Crippen LogP contribution in [0.3, 0.4) is 0 Å². The summed E-state index contributed by atoms with van der Waals surface area (Å²) in [5.41, 5.74) is 0. The van der Waals surface area contributed by atoms with Crippen molar-refractivity contribution in [1.82, 2.24) is 10.2 Å². The van der Waals surface area contributed by atoms with Gasteiger partial charge in [0.1, 0.15) is 6.54 Å². The van der Waals surface area contributed by atoms with E-state index in [-0.39, 0.29) is 18.5 Å². The molecule has 0 aromatic carbocycles. The lowest BCUT2D eigenvalue weighted by Crippen LogP contribution is -2.37. The maximum absolute atomic E-state index is 12.0. The van der Waals surface area contributed by atoms with Gasteiger partial charge < -0.3 is 15.3 Å². The second-order valence-electron chi connectivity index (χ2n) is 5.04. The first-order chi connectivity index (χ1) is 8.16. The molecule has 2 rings (SSSR count). The van der Waals surface area contributed by atoms with Crippen LogP contribution in [0.15, 0.2) is 0 Å². The maximum Gasteiger partial charge on any atom is 0.323 e. The highest BCUT2D eigenvalue weighted by Crippen LogP contribution is 2.28. The number of carbonyl (C=O) groups excluding carboxylic acids is 1. The van der Waals surface area contributed by atoms with Crippen molar-refractivity contribution >= 4 is 11.9 Å². The number of hydrogen-bond acceptors (Lipinski definition) is 3. The zero-order valence-corrected chi connectivity index (χ0v) is 10.0. The Bertz CT molecular complexity index is 296. The van der Waals surface area contributed by atoms with Crippen LogP contribution >= 0.6 is 0 Å². The quantitative estimate of drug-likeness (QED) is 0.707. The lowest BCUT2D eigenvalue weighted by molar-refractivity contribution is -0.145. The summed E-state index contributed by atoms with van der Waals surface area (Å²) in [4.78, 5) is 24.2. The van der Waals surface area contributed by atoms with Crippen LogP contribution in [0.2, 0.25) is 0 Å². The first-order valence-electron chi connectivity index (χ1n) is 6.39. The summed E-state index contributed by atoms with van der Waals surface area (Å²) in [6.45, 7) is 1.91. The van der Waals surface area contributed by atoms with Gasteiger partial charge in [-0.2, -0.15) is 0 Å². The number of rotatable bonds is 6. The molecule has 0 spiro atoms. The van der Waals surface area contributed by atoms with Gasteiger partial charge in [-0.3, -0.25) is 9.59 Å². The van der Waals surface area contributed by atoms with Gasteiger partial charge >= 0.3 is 5.97 Å². The number of carboxylic acids is 1. The molecule has 1 saturated carbocycles. The number of carbonyl (C=O) groups is 2. The Hall–Kier alpha value is -1.10. The molecule has 1 aliphatic carbocycles. The van der Waals surface area contributed by atoms with E-state index in [1.165, 1.54) is 0 Å². The molecule has 17 heavy (non-hydrogen) atoms. The minimum absolute atomic E-state index is 0.0156. The van der Waals surface area contributed by atoms with Crippen molar-refractivity contribution in [2.24, 2.45) is 5.92 Å². The molecule has 1 amide bonds. The van der Waals surface area contributed by atoms with Crippen molar-refractivity contribution in [2.45, 2.75) is 38.1 Å². The Balaban J connectivity index is 1.77. The van der Waals surface area contributed by atoms with Crippen LogP contribution in [0.4, 0.5) is 0 Å². The van der Waals surface area contributed by atoms with Crippen LogP contribution in [0.1, 0.15) is 32.1 Å². The molecule has 2 aliphatic rings. The normalized spacial score (nSPS) is 23.6. The molecule has 5 heteroatoms. The van der Waals surface area contributed by atoms with Gasteiger partial charge in [-0.25, -0.2) is 0 Å². The zero-order valence-electron chi connectivity index (χ0n) is 10.0. The number of aliphatic carboxylic acids is 1. The van der Waals surface area contributed by atoms with Crippen molar-refractivity contribution in [3.05, 3.63) is 0 Å². The Labute approximate surface area is 101 Å². The maximum atomic E-state index is 12.0. The van der Waals surface area contributed by atoms with Crippen LogP contribution in [0.25, 0.3) is 0 Å². The molecule has 0 aromatic heterocycles. The van der Waals surface area contributed by atoms with Gasteiger partial charge in [0.25, 0.3) is 0 Å². The second kappa shape index (κ2) is 5.49. The van der Waals surface area contributed by atoms with Gasteiger partial charge in [0.15, 0.2) is 0 Å². The van der Waals surface area contributed by atoms with E-state index in [9.17, 15) is 9.59 Å². The number of nitrogens with zero attached hydrogens (tertiary/aromatic N) is 1. The van der Waals surface area contributed by atoms with E-state index >= 15 is 0 Å². The number of nitrogens with one attached hydrogen (secondary N) is 1. The molecular formula is C12H20N2O3. The van der Waals surface area contributed by atoms with Gasteiger partial charge in [-0.05, 0) is 44.7 Å². The fraction of sp³-hybridized carbons (Fsp3) is 0.833. The van der Waals surface area contributed by atoms with Gasteiger partial charge in [0.05, 0.1) is 0 Å². The molecule has 1 atom stereocenters. The average molecular weight is 240 g/mol. The fourth-order valence-electron chi connectivity index (χ4n) is 2.38. The molecule has 0 radical (unpaired) electrons. The lowest BCUT2D eigenvalue weighted by Gasteiger charge is -2.20. The van der Waals surface area contributed by atoms with Gasteiger partial charge in [0, 0.05) is 12.5 Å². The molecule has 0 aromatic rings. The van der Waals surface area contributed by atoms with Crippen molar-refractivity contribution in [1.29, 1.82) is 0 Å². The highest BCUT2D eigenvalue weighted by Gasteiger charge is 2.33. The van der Waals surface area contributed by atoms with E-state index in [1.54, 1.807) is 4.90 Å². The molecule has 1 unspecified atom stereocenters. The molecule has 1 aliphatic heterocycles. The average Bonchev–Trinajstić information content (AvgIpc) is 2.99. The summed E-state index contributed by atoms with van der Waals surface area (Å²) in [6.07, 6.45) is 4.44. The lowest BCUT2D eigenvalue weighted by atomic mass is 10.0. The second-order valence-corrected chi connectivity index (χ2v) is 5.04. The van der Waals surface area contributed by atoms with E-state index in [0.29, 0.717) is 12.3 Å². The Morgan fingerprint density at radius 2 is 2.06 bits per heavy atom. The van der Waals surface area contributed by atoms with Crippen LogP contribution < -0.4 is 5.32 Å². The smallest absolute Gasteiger partial charge is 0.323 e. The predicted molar refractivity (Wildman–Crippen MR) is 62.6 cm³/mol. The summed E-state index contributed by atoms with van der Waals surface area (Å²) in [7, 11) is 0. The molecule has 5 nitrogen and oxygen atoms in total. The Morgan fingerprint density at radius 1 is 1.29 bits per heavy atom. The molecule has 1 heterocycles. The van der Waals surface area contributed by atoms with E-state index in [4.69, 9.17) is 5.11 Å². The van der Waals surface area contributed by atoms with E-state index in [0.717, 1.165) is 38.8 Å². The summed E-state index contributed by atoms with van der Waals surface area (Å²) in [5.74, 6) is -0.306. The first kappa shape index (κ1) is 12.4. The number of carboxylic acid groups (broad SMARTS) is 1. The number of amides is 1. The van der Waals surface area contributed by atoms with Crippen molar-refractivity contribution < 1.29 is 14.7 Å². The van der Waals surface area contributed by atoms with E-state index in [2.05, 4.69) is 5.32 Å². The highest BCUT2D eigenvalue weighted by molar-refractivity contribution is 5.81. The van der Waals surface area contributed by atoms with Crippen LogP contribution in [-0.2, 0) is 9.59 Å². The summed E-state index contributed by atoms with van der Waals surface area (Å²) in [5, 5.41) is 12.1. The van der Waals surface area contributed by atoms with Crippen molar-refractivity contribution in [3.63, 3.8) is 0 Å². The van der Waals surface area contributed by atoms with Crippen LogP contribution in [0.5, 0.6) is 0 Å². The molecule has 1 saturated heterocycles. The Kier molecular flexibility index (Phi) is 3.99. The van der Waals surface area contributed by atoms with Crippen molar-refractivity contribution in [3.8, 4) is 0 Å². The van der Waals surface area contributed by atoms with E-state index < -0.39 is 5.97 Å². The largest absolute Gasteiger partial charge is 0.480 e. The predicted octanol–water partition coefficient (Wildman–Crippen LogP) is 0.452. The van der Waals surface area contributed by atoms with Gasteiger partial charge in [-0.15, -0.1) is 0 Å².